The van der Waals surface area contributed by atoms with Gasteiger partial charge in [-0.3, -0.25) is 0 Å². The first kappa shape index (κ1) is 16.3. The van der Waals surface area contributed by atoms with Crippen molar-refractivity contribution in [3.05, 3.63) is 60.2 Å². The Morgan fingerprint density at radius 1 is 0.846 bits per heavy atom. The van der Waals surface area contributed by atoms with E-state index in [2.05, 4.69) is 18.2 Å². The number of benzene rings is 3. The number of hydrogen-bond donors (Lipinski definition) is 1. The topological polar surface area (TPSA) is 54.4 Å². The van der Waals surface area contributed by atoms with Crippen molar-refractivity contribution in [2.45, 2.75) is 48.2 Å². The summed E-state index contributed by atoms with van der Waals surface area (Å²) in [6.45, 7) is 0. The normalized spacial score (nSPS) is 30.5. The van der Waals surface area contributed by atoms with E-state index in [-0.39, 0.29) is 0 Å². The molecule has 1 N–H and O–H groups in total. The second kappa shape index (κ2) is 5.54. The Hall–Kier alpha value is -1.91. The minimum Gasteiger partial charge on any atom is -0.385 e. The van der Waals surface area contributed by atoms with Crippen LogP contribution in [0.15, 0.2) is 54.6 Å². The maximum Gasteiger partial charge on any atom is 0.156 e. The highest BCUT2D eigenvalue weighted by Gasteiger charge is 2.51. The van der Waals surface area contributed by atoms with E-state index >= 15 is 0 Å². The number of sulfone groups is 1. The minimum absolute atomic E-state index is 0.309. The van der Waals surface area contributed by atoms with Gasteiger partial charge in [0.15, 0.2) is 9.84 Å². The Labute approximate surface area is 153 Å². The summed E-state index contributed by atoms with van der Waals surface area (Å²) in [5, 5.41) is 15.2. The van der Waals surface area contributed by atoms with Crippen molar-refractivity contribution in [3.63, 3.8) is 0 Å². The van der Waals surface area contributed by atoms with Crippen molar-refractivity contribution < 1.29 is 13.5 Å². The zero-order chi connectivity index (χ0) is 17.9. The Morgan fingerprint density at radius 3 is 1.88 bits per heavy atom. The lowest BCUT2D eigenvalue weighted by molar-refractivity contribution is 0.00774. The maximum atomic E-state index is 12.7. The Kier molecular flexibility index (Phi) is 3.47. The number of hydrogen-bond acceptors (Lipinski definition) is 3. The van der Waals surface area contributed by atoms with Gasteiger partial charge in [-0.1, -0.05) is 55.0 Å². The van der Waals surface area contributed by atoms with Crippen molar-refractivity contribution in [2.24, 2.45) is 0 Å². The summed E-state index contributed by atoms with van der Waals surface area (Å²) >= 11 is 0. The van der Waals surface area contributed by atoms with E-state index in [1.165, 1.54) is 0 Å². The molecule has 26 heavy (non-hydrogen) atoms. The molecule has 0 radical (unpaired) electrons. The van der Waals surface area contributed by atoms with Crippen LogP contribution >= 0.6 is 0 Å². The molecule has 2 aliphatic rings. The maximum absolute atomic E-state index is 12.7. The molecule has 5 rings (SSSR count). The summed E-state index contributed by atoms with van der Waals surface area (Å²) in [5.74, 6) is 0. The van der Waals surface area contributed by atoms with Gasteiger partial charge in [-0.25, -0.2) is 8.42 Å². The molecule has 2 bridgehead atoms. The molecule has 3 aromatic rings. The lowest BCUT2D eigenvalue weighted by Gasteiger charge is -2.44. The van der Waals surface area contributed by atoms with Gasteiger partial charge in [0.1, 0.15) is 0 Å². The second-order valence-corrected chi connectivity index (χ2v) is 10.4. The number of fused-ring (bicyclic) bond motifs is 4. The van der Waals surface area contributed by atoms with E-state index in [9.17, 15) is 13.5 Å². The first-order chi connectivity index (χ1) is 12.5. The molecule has 0 amide bonds. The van der Waals surface area contributed by atoms with E-state index < -0.39 is 25.9 Å². The van der Waals surface area contributed by atoms with Gasteiger partial charge in [-0.2, -0.15) is 0 Å². The van der Waals surface area contributed by atoms with Gasteiger partial charge >= 0.3 is 0 Å². The monoisotopic (exact) mass is 366 g/mol. The molecule has 2 saturated heterocycles. The zero-order valence-corrected chi connectivity index (χ0v) is 15.4. The highest BCUT2D eigenvalue weighted by molar-refractivity contribution is 7.92. The molecule has 3 nitrogen and oxygen atoms in total. The van der Waals surface area contributed by atoms with Gasteiger partial charge < -0.3 is 5.11 Å². The quantitative estimate of drug-likeness (QED) is 0.653. The zero-order valence-electron chi connectivity index (χ0n) is 14.6. The van der Waals surface area contributed by atoms with Crippen molar-refractivity contribution in [2.75, 3.05) is 0 Å². The molecule has 2 fully saturated rings. The third kappa shape index (κ3) is 2.25. The predicted octanol–water partition coefficient (Wildman–Crippen LogP) is 4.31. The third-order valence-corrected chi connectivity index (χ3v) is 9.01. The second-order valence-electron chi connectivity index (χ2n) is 7.90. The van der Waals surface area contributed by atoms with E-state index in [1.807, 2.05) is 36.4 Å². The van der Waals surface area contributed by atoms with E-state index in [0.29, 0.717) is 25.7 Å². The highest BCUT2D eigenvalue weighted by Crippen LogP contribution is 2.49. The molecule has 134 valence electrons. The van der Waals surface area contributed by atoms with Crippen LogP contribution in [0.25, 0.3) is 21.5 Å². The molecule has 3 aromatic carbocycles. The highest BCUT2D eigenvalue weighted by atomic mass is 32.2. The molecule has 2 aliphatic heterocycles. The fourth-order valence-corrected chi connectivity index (χ4v) is 7.72. The van der Waals surface area contributed by atoms with Crippen LogP contribution in [-0.4, -0.2) is 24.0 Å². The standard InChI is InChI=1S/C22H22O3S/c23-22(13-17-8-5-9-18(14-22)26(17,24)25)21-19-10-3-1-6-15(19)12-16-7-2-4-11-20(16)21/h1-4,6-7,10-12,17-18,23H,5,8-9,13-14H2. The van der Waals surface area contributed by atoms with Crippen LogP contribution < -0.4 is 0 Å². The lowest BCUT2D eigenvalue weighted by atomic mass is 9.76. The number of rotatable bonds is 1. The van der Waals surface area contributed by atoms with Crippen LogP contribution in [0.2, 0.25) is 0 Å². The summed E-state index contributed by atoms with van der Waals surface area (Å²) in [7, 11) is -3.11. The van der Waals surface area contributed by atoms with Gasteiger partial charge in [-0.15, -0.1) is 0 Å². The van der Waals surface area contributed by atoms with Crippen molar-refractivity contribution in [1.82, 2.24) is 0 Å². The van der Waals surface area contributed by atoms with E-state index in [4.69, 9.17) is 0 Å². The van der Waals surface area contributed by atoms with E-state index in [1.54, 1.807) is 0 Å². The van der Waals surface area contributed by atoms with Crippen molar-refractivity contribution >= 4 is 31.4 Å². The van der Waals surface area contributed by atoms with Gasteiger partial charge in [0.05, 0.1) is 16.1 Å². The SMILES string of the molecule is O=S1(=O)C2CCCC1CC(O)(c1c3ccccc3cc3ccccc13)C2. The van der Waals surface area contributed by atoms with Gasteiger partial charge in [-0.05, 0) is 58.9 Å². The Bertz CT molecular complexity index is 1040. The van der Waals surface area contributed by atoms with Crippen molar-refractivity contribution in [3.8, 4) is 0 Å². The lowest BCUT2D eigenvalue weighted by Crippen LogP contribution is -2.50. The fourth-order valence-electron chi connectivity index (χ4n) is 5.17. The molecule has 0 spiro atoms. The molecule has 2 atom stereocenters. The molecule has 4 heteroatoms. The van der Waals surface area contributed by atoms with E-state index in [0.717, 1.165) is 33.5 Å². The molecule has 0 saturated carbocycles. The van der Waals surface area contributed by atoms with Crippen LogP contribution in [0, 0.1) is 0 Å². The van der Waals surface area contributed by atoms with Crippen LogP contribution in [0.3, 0.4) is 0 Å². The summed E-state index contributed by atoms with van der Waals surface area (Å²) in [5.41, 5.74) is -0.181. The summed E-state index contributed by atoms with van der Waals surface area (Å²) < 4.78 is 25.5. The Morgan fingerprint density at radius 2 is 1.35 bits per heavy atom. The van der Waals surface area contributed by atoms with Crippen LogP contribution in [0.4, 0.5) is 0 Å². The summed E-state index contributed by atoms with van der Waals surface area (Å²) in [6, 6.07) is 18.4. The van der Waals surface area contributed by atoms with Crippen LogP contribution in [0.1, 0.15) is 37.7 Å². The van der Waals surface area contributed by atoms with Crippen LogP contribution in [0.5, 0.6) is 0 Å². The molecular weight excluding hydrogens is 344 g/mol. The first-order valence-corrected chi connectivity index (χ1v) is 11.0. The largest absolute Gasteiger partial charge is 0.385 e. The molecular formula is C22H22O3S. The molecule has 0 aromatic heterocycles. The van der Waals surface area contributed by atoms with Gasteiger partial charge in [0.25, 0.3) is 0 Å². The number of aliphatic hydroxyl groups is 1. The summed E-state index contributed by atoms with van der Waals surface area (Å²) in [6.07, 6.45) is 2.91. The Balaban J connectivity index is 1.80. The average molecular weight is 366 g/mol. The average Bonchev–Trinajstić information content (AvgIpc) is 2.61. The van der Waals surface area contributed by atoms with Gasteiger partial charge in [0, 0.05) is 0 Å². The smallest absolute Gasteiger partial charge is 0.156 e. The van der Waals surface area contributed by atoms with Crippen LogP contribution in [-0.2, 0) is 15.4 Å². The first-order valence-electron chi connectivity index (χ1n) is 9.35. The van der Waals surface area contributed by atoms with Crippen molar-refractivity contribution in [1.29, 1.82) is 0 Å². The summed E-state index contributed by atoms with van der Waals surface area (Å²) in [4.78, 5) is 0. The van der Waals surface area contributed by atoms with Gasteiger partial charge in [0.2, 0.25) is 0 Å². The molecule has 2 unspecified atom stereocenters. The fraction of sp³-hybridized carbons (Fsp3) is 0.364. The molecule has 0 aliphatic carbocycles. The predicted molar refractivity (Wildman–Crippen MR) is 105 cm³/mol. The minimum atomic E-state index is -3.11. The third-order valence-electron chi connectivity index (χ3n) is 6.35. The molecule has 2 heterocycles.